The van der Waals surface area contributed by atoms with Crippen LogP contribution in [0.5, 0.6) is 0 Å². The fourth-order valence-corrected chi connectivity index (χ4v) is 6.18. The maximum absolute atomic E-state index is 3.25. The second-order valence-electron chi connectivity index (χ2n) is 13.5. The molecular formula is C39H46Zr. The Bertz CT molecular complexity index is 1420. The first-order valence-corrected chi connectivity index (χ1v) is 16.2. The van der Waals surface area contributed by atoms with Crippen LogP contribution in [0, 0.1) is 12.0 Å². The van der Waals surface area contributed by atoms with Crippen molar-refractivity contribution in [3.05, 3.63) is 108 Å². The Morgan fingerprint density at radius 1 is 0.725 bits per heavy atom. The van der Waals surface area contributed by atoms with Crippen molar-refractivity contribution in [2.45, 2.75) is 91.4 Å². The molecule has 1 atom stereocenters. The summed E-state index contributed by atoms with van der Waals surface area (Å²) in [4.78, 5) is 0. The average molecular weight is 606 g/mol. The van der Waals surface area contributed by atoms with E-state index in [0.29, 0.717) is 5.92 Å². The Balaban J connectivity index is 0.000000162. The van der Waals surface area contributed by atoms with Crippen molar-refractivity contribution in [2.75, 3.05) is 0 Å². The number of fused-ring (bicyclic) bond motifs is 3. The van der Waals surface area contributed by atoms with E-state index in [-0.39, 0.29) is 10.8 Å². The van der Waals surface area contributed by atoms with Crippen LogP contribution in [-0.2, 0) is 35.1 Å². The Hall–Kier alpha value is -2.24. The van der Waals surface area contributed by atoms with Gasteiger partial charge in [-0.3, -0.25) is 6.08 Å². The molecule has 1 unspecified atom stereocenters. The average Bonchev–Trinajstić information content (AvgIpc) is 3.52. The van der Waals surface area contributed by atoms with Crippen LogP contribution in [0.3, 0.4) is 0 Å². The summed E-state index contributed by atoms with van der Waals surface area (Å²) < 4.78 is 1.80. The summed E-state index contributed by atoms with van der Waals surface area (Å²) in [6, 6.07) is 26.6. The zero-order valence-electron chi connectivity index (χ0n) is 25.7. The quantitative estimate of drug-likeness (QED) is 0.189. The second kappa shape index (κ2) is 13.2. The predicted octanol–water partition coefficient (Wildman–Crippen LogP) is 11.1. The van der Waals surface area contributed by atoms with Gasteiger partial charge in [0.05, 0.1) is 0 Å². The van der Waals surface area contributed by atoms with E-state index in [1.54, 1.807) is 27.4 Å². The van der Waals surface area contributed by atoms with E-state index in [1.165, 1.54) is 75.9 Å². The molecule has 40 heavy (non-hydrogen) atoms. The molecule has 1 fully saturated rings. The third kappa shape index (κ3) is 8.16. The topological polar surface area (TPSA) is 0 Å². The number of rotatable bonds is 1. The van der Waals surface area contributed by atoms with Crippen LogP contribution in [-0.4, -0.2) is 3.21 Å². The standard InChI is InChI=1S/C21H25.C12H11.C6H10.Zr/c1-20(2,3)16-9-7-14-11-15-8-10-17(21(4,5)6)13-19(15)18(14)12-16;1-10-7-8-12(9-10)11-5-3-2-4-6-11;1-2-4-6-5-3-1;/h7-13H,1-6H3;2-6,8-10H,1H3;1-5H2;/q2*-1;;+2. The van der Waals surface area contributed by atoms with Crippen LogP contribution in [0.4, 0.5) is 0 Å². The molecule has 206 valence electrons. The summed E-state index contributed by atoms with van der Waals surface area (Å²) in [6.07, 6.45) is 14.9. The Morgan fingerprint density at radius 3 is 1.65 bits per heavy atom. The molecule has 2 aliphatic carbocycles. The normalized spacial score (nSPS) is 17.3. The van der Waals surface area contributed by atoms with E-state index >= 15 is 0 Å². The first kappa shape index (κ1) is 30.7. The molecule has 0 saturated heterocycles. The molecule has 0 bridgehead atoms. The Kier molecular flexibility index (Phi) is 10.1. The minimum atomic E-state index is 0.194. The Morgan fingerprint density at radius 2 is 1.25 bits per heavy atom. The van der Waals surface area contributed by atoms with Crippen molar-refractivity contribution in [3.8, 4) is 0 Å². The molecule has 0 aliphatic heterocycles. The molecule has 1 heteroatoms. The molecule has 1 saturated carbocycles. The van der Waals surface area contributed by atoms with Crippen molar-refractivity contribution in [2.24, 2.45) is 5.92 Å². The molecule has 0 heterocycles. The molecule has 4 aromatic rings. The van der Waals surface area contributed by atoms with Crippen LogP contribution >= 0.6 is 0 Å². The molecule has 0 aromatic heterocycles. The molecular weight excluding hydrogens is 560 g/mol. The van der Waals surface area contributed by atoms with E-state index in [9.17, 15) is 0 Å². The number of benzene rings is 3. The third-order valence-electron chi connectivity index (χ3n) is 7.94. The van der Waals surface area contributed by atoms with Gasteiger partial charge in [0.2, 0.25) is 0 Å². The van der Waals surface area contributed by atoms with E-state index in [0.717, 1.165) is 0 Å². The van der Waals surface area contributed by atoms with Gasteiger partial charge >= 0.3 is 59.5 Å². The van der Waals surface area contributed by atoms with Crippen molar-refractivity contribution >= 4 is 30.3 Å². The molecule has 0 nitrogen and oxygen atoms in total. The summed E-state index contributed by atoms with van der Waals surface area (Å²) >= 11 is 1.69. The van der Waals surface area contributed by atoms with Gasteiger partial charge in [0.25, 0.3) is 0 Å². The van der Waals surface area contributed by atoms with E-state index in [2.05, 4.69) is 133 Å². The maximum atomic E-state index is 3.25. The summed E-state index contributed by atoms with van der Waals surface area (Å²) in [5, 5.41) is 5.49. The summed E-state index contributed by atoms with van der Waals surface area (Å²) in [5.41, 5.74) is 5.78. The molecule has 0 N–H and O–H groups in total. The zero-order chi connectivity index (χ0) is 28.9. The summed E-state index contributed by atoms with van der Waals surface area (Å²) in [6.45, 7) is 15.8. The molecule has 2 aliphatic rings. The van der Waals surface area contributed by atoms with Gasteiger partial charge in [-0.1, -0.05) is 120 Å². The zero-order valence-corrected chi connectivity index (χ0v) is 28.2. The molecule has 0 radical (unpaired) electrons. The van der Waals surface area contributed by atoms with E-state index in [1.807, 2.05) is 6.07 Å². The van der Waals surface area contributed by atoms with Crippen molar-refractivity contribution < 1.29 is 24.2 Å². The predicted molar refractivity (Wildman–Crippen MR) is 174 cm³/mol. The fraction of sp³-hybridized carbons (Fsp3) is 0.385. The van der Waals surface area contributed by atoms with Gasteiger partial charge in [0, 0.05) is 0 Å². The second-order valence-corrected chi connectivity index (χ2v) is 15.2. The van der Waals surface area contributed by atoms with Gasteiger partial charge in [-0.2, -0.15) is 11.6 Å². The van der Waals surface area contributed by atoms with Crippen LogP contribution < -0.4 is 0 Å². The first-order chi connectivity index (χ1) is 18.9. The number of allylic oxidation sites excluding steroid dienone is 4. The summed E-state index contributed by atoms with van der Waals surface area (Å²) in [7, 11) is 0. The van der Waals surface area contributed by atoms with E-state index in [4.69, 9.17) is 0 Å². The van der Waals surface area contributed by atoms with Crippen LogP contribution in [0.15, 0.2) is 84.9 Å². The number of hydrogen-bond donors (Lipinski definition) is 0. The monoisotopic (exact) mass is 604 g/mol. The number of hydrogen-bond acceptors (Lipinski definition) is 0. The van der Waals surface area contributed by atoms with Gasteiger partial charge in [0.15, 0.2) is 0 Å². The van der Waals surface area contributed by atoms with Gasteiger partial charge in [0.1, 0.15) is 0 Å². The van der Waals surface area contributed by atoms with E-state index < -0.39 is 0 Å². The van der Waals surface area contributed by atoms with Gasteiger partial charge in [-0.05, 0) is 10.8 Å². The van der Waals surface area contributed by atoms with Crippen LogP contribution in [0.25, 0.3) is 27.1 Å². The molecule has 4 aromatic carbocycles. The Labute approximate surface area is 258 Å². The van der Waals surface area contributed by atoms with Crippen molar-refractivity contribution in [3.63, 3.8) is 0 Å². The third-order valence-corrected chi connectivity index (χ3v) is 9.16. The SMILES string of the molecule is CC(C)(C)c1ccc2[cH-]c3ccc(C(C)(C)C)cc3c2c1.CC1[C-]=CC(c2ccccc2)=C1.[Zr+2]=[C]1CCCCC1. The van der Waals surface area contributed by atoms with Gasteiger partial charge in [-0.25, -0.2) is 6.08 Å². The molecule has 6 rings (SSSR count). The molecule has 0 spiro atoms. The first-order valence-electron chi connectivity index (χ1n) is 15.0. The van der Waals surface area contributed by atoms with Crippen molar-refractivity contribution in [1.29, 1.82) is 0 Å². The molecule has 0 amide bonds. The minimum absolute atomic E-state index is 0.194. The van der Waals surface area contributed by atoms with Gasteiger partial charge < -0.3 is 0 Å². The van der Waals surface area contributed by atoms with Crippen LogP contribution in [0.1, 0.15) is 97.3 Å². The van der Waals surface area contributed by atoms with Crippen molar-refractivity contribution in [1.82, 2.24) is 0 Å². The van der Waals surface area contributed by atoms with Crippen LogP contribution in [0.2, 0.25) is 0 Å². The fourth-order valence-electron chi connectivity index (χ4n) is 5.31. The summed E-state index contributed by atoms with van der Waals surface area (Å²) in [5.74, 6) is 0.472. The van der Waals surface area contributed by atoms with Gasteiger partial charge in [-0.15, -0.1) is 45.3 Å².